The number of nitrogens with one attached hydrogen (secondary N) is 1. The average Bonchev–Trinajstić information content (AvgIpc) is 2.45. The summed E-state index contributed by atoms with van der Waals surface area (Å²) in [6, 6.07) is 0. The van der Waals surface area contributed by atoms with Crippen molar-refractivity contribution in [1.82, 2.24) is 10.2 Å². The van der Waals surface area contributed by atoms with Gasteiger partial charge in [-0.25, -0.2) is 0 Å². The second-order valence-electron chi connectivity index (χ2n) is 5.97. The first-order valence-corrected chi connectivity index (χ1v) is 7.55. The van der Waals surface area contributed by atoms with Gasteiger partial charge >= 0.3 is 5.97 Å². The lowest BCUT2D eigenvalue weighted by molar-refractivity contribution is -0.144. The molecule has 3 N–H and O–H groups in total. The van der Waals surface area contributed by atoms with Crippen molar-refractivity contribution < 1.29 is 19.7 Å². The Morgan fingerprint density at radius 1 is 1.30 bits per heavy atom. The predicted octanol–water partition coefficient (Wildman–Crippen LogP) is -0.0859. The van der Waals surface area contributed by atoms with E-state index in [9.17, 15) is 9.90 Å². The molecule has 0 aromatic carbocycles. The van der Waals surface area contributed by atoms with Gasteiger partial charge in [-0.15, -0.1) is 0 Å². The molecule has 20 heavy (non-hydrogen) atoms. The molecule has 2 aliphatic rings. The normalized spacial score (nSPS) is 32.1. The molecule has 1 heterocycles. The molecule has 0 atom stereocenters. The molecule has 2 rings (SSSR count). The fraction of sp³-hybridized carbons (Fsp3) is 0.929. The molecule has 116 valence electrons. The molecule has 0 radical (unpaired) electrons. The Balaban J connectivity index is 1.60. The van der Waals surface area contributed by atoms with Crippen molar-refractivity contribution in [1.29, 1.82) is 0 Å². The summed E-state index contributed by atoms with van der Waals surface area (Å²) in [6.07, 6.45) is 2.32. The zero-order valence-corrected chi connectivity index (χ0v) is 12.0. The van der Waals surface area contributed by atoms with E-state index < -0.39 is 11.6 Å². The number of hydrogen-bond donors (Lipinski definition) is 3. The van der Waals surface area contributed by atoms with Crippen LogP contribution in [-0.4, -0.2) is 72.6 Å². The fourth-order valence-corrected chi connectivity index (χ4v) is 2.96. The molecule has 0 aromatic heterocycles. The molecule has 1 aliphatic heterocycles. The van der Waals surface area contributed by atoms with Gasteiger partial charge in [-0.3, -0.25) is 9.69 Å². The quantitative estimate of drug-likeness (QED) is 0.592. The Morgan fingerprint density at radius 2 is 1.95 bits per heavy atom. The van der Waals surface area contributed by atoms with Crippen molar-refractivity contribution in [3.05, 3.63) is 0 Å². The van der Waals surface area contributed by atoms with Crippen LogP contribution in [0.2, 0.25) is 0 Å². The number of carboxylic acids is 1. The maximum absolute atomic E-state index is 10.9. The van der Waals surface area contributed by atoms with Crippen molar-refractivity contribution in [2.24, 2.45) is 5.92 Å². The number of morpholine rings is 1. The minimum atomic E-state index is -0.729. The van der Waals surface area contributed by atoms with E-state index >= 15 is 0 Å². The molecule has 0 aromatic rings. The van der Waals surface area contributed by atoms with Gasteiger partial charge in [0, 0.05) is 32.7 Å². The number of carboxylic acid groups (broad SMARTS) is 1. The van der Waals surface area contributed by atoms with Crippen LogP contribution in [-0.2, 0) is 9.53 Å². The summed E-state index contributed by atoms with van der Waals surface area (Å²) in [4.78, 5) is 13.2. The molecule has 2 fully saturated rings. The van der Waals surface area contributed by atoms with E-state index in [0.717, 1.165) is 39.4 Å². The van der Waals surface area contributed by atoms with Crippen LogP contribution in [0.25, 0.3) is 0 Å². The van der Waals surface area contributed by atoms with Crippen molar-refractivity contribution in [3.8, 4) is 0 Å². The summed E-state index contributed by atoms with van der Waals surface area (Å²) in [6.45, 7) is 5.95. The number of aliphatic hydroxyl groups is 1. The molecular formula is C14H26N2O4. The van der Waals surface area contributed by atoms with Gasteiger partial charge in [-0.05, 0) is 25.7 Å². The van der Waals surface area contributed by atoms with E-state index in [4.69, 9.17) is 9.84 Å². The first kappa shape index (κ1) is 15.7. The van der Waals surface area contributed by atoms with Crippen molar-refractivity contribution in [3.63, 3.8) is 0 Å². The van der Waals surface area contributed by atoms with Crippen LogP contribution in [0.5, 0.6) is 0 Å². The predicted molar refractivity (Wildman–Crippen MR) is 74.7 cm³/mol. The third-order valence-electron chi connectivity index (χ3n) is 4.43. The fourth-order valence-electron chi connectivity index (χ4n) is 2.96. The Kier molecular flexibility index (Phi) is 5.77. The molecule has 1 saturated heterocycles. The largest absolute Gasteiger partial charge is 0.481 e. The lowest BCUT2D eigenvalue weighted by Crippen LogP contribution is -2.47. The molecule has 6 heteroatoms. The van der Waals surface area contributed by atoms with Crippen LogP contribution in [0.4, 0.5) is 0 Å². The number of nitrogens with zero attached hydrogens (tertiary/aromatic N) is 1. The second kappa shape index (κ2) is 7.36. The lowest BCUT2D eigenvalue weighted by Gasteiger charge is -2.35. The van der Waals surface area contributed by atoms with E-state index in [-0.39, 0.29) is 5.92 Å². The Hall–Kier alpha value is -0.690. The van der Waals surface area contributed by atoms with Crippen LogP contribution in [0, 0.1) is 5.92 Å². The summed E-state index contributed by atoms with van der Waals surface area (Å²) in [7, 11) is 0. The number of ether oxygens (including phenoxy) is 1. The van der Waals surface area contributed by atoms with Crippen molar-refractivity contribution in [2.45, 2.75) is 31.3 Å². The summed E-state index contributed by atoms with van der Waals surface area (Å²) in [5.41, 5.74) is -0.725. The van der Waals surface area contributed by atoms with Crippen LogP contribution < -0.4 is 5.32 Å². The lowest BCUT2D eigenvalue weighted by atomic mass is 9.79. The first-order chi connectivity index (χ1) is 9.59. The highest BCUT2D eigenvalue weighted by molar-refractivity contribution is 5.70. The van der Waals surface area contributed by atoms with Crippen molar-refractivity contribution >= 4 is 5.97 Å². The summed E-state index contributed by atoms with van der Waals surface area (Å²) >= 11 is 0. The first-order valence-electron chi connectivity index (χ1n) is 7.55. The maximum atomic E-state index is 10.9. The van der Waals surface area contributed by atoms with Gasteiger partial charge in [-0.1, -0.05) is 0 Å². The van der Waals surface area contributed by atoms with Crippen LogP contribution in [0.1, 0.15) is 25.7 Å². The monoisotopic (exact) mass is 286 g/mol. The molecule has 1 saturated carbocycles. The van der Waals surface area contributed by atoms with Gasteiger partial charge < -0.3 is 20.3 Å². The third kappa shape index (κ3) is 4.70. The Morgan fingerprint density at radius 3 is 2.55 bits per heavy atom. The zero-order chi connectivity index (χ0) is 14.4. The zero-order valence-electron chi connectivity index (χ0n) is 12.0. The Bertz CT molecular complexity index is 310. The Labute approximate surface area is 120 Å². The van der Waals surface area contributed by atoms with Gasteiger partial charge in [-0.2, -0.15) is 0 Å². The standard InChI is InChI=1S/C14H26N2O4/c17-13(18)12-1-3-14(19,4-2-12)11-15-5-6-16-7-9-20-10-8-16/h12,15,19H,1-11H2,(H,17,18). The third-order valence-corrected chi connectivity index (χ3v) is 4.43. The van der Waals surface area contributed by atoms with E-state index in [1.165, 1.54) is 0 Å². The molecule has 0 unspecified atom stereocenters. The van der Waals surface area contributed by atoms with Gasteiger partial charge in [0.1, 0.15) is 0 Å². The SMILES string of the molecule is O=C(O)C1CCC(O)(CNCCN2CCOCC2)CC1. The number of rotatable bonds is 6. The van der Waals surface area contributed by atoms with Crippen molar-refractivity contribution in [2.75, 3.05) is 45.9 Å². The van der Waals surface area contributed by atoms with Gasteiger partial charge in [0.25, 0.3) is 0 Å². The minimum absolute atomic E-state index is 0.274. The maximum Gasteiger partial charge on any atom is 0.306 e. The molecule has 0 spiro atoms. The number of hydrogen-bond acceptors (Lipinski definition) is 5. The number of carbonyl (C=O) groups is 1. The highest BCUT2D eigenvalue weighted by Crippen LogP contribution is 2.31. The van der Waals surface area contributed by atoms with E-state index in [1.807, 2.05) is 0 Å². The van der Waals surface area contributed by atoms with Gasteiger partial charge in [0.2, 0.25) is 0 Å². The van der Waals surface area contributed by atoms with Crippen LogP contribution in [0.3, 0.4) is 0 Å². The highest BCUT2D eigenvalue weighted by atomic mass is 16.5. The van der Waals surface area contributed by atoms with Gasteiger partial charge in [0.15, 0.2) is 0 Å². The second-order valence-corrected chi connectivity index (χ2v) is 5.97. The molecule has 0 amide bonds. The van der Waals surface area contributed by atoms with E-state index in [1.54, 1.807) is 0 Å². The highest BCUT2D eigenvalue weighted by Gasteiger charge is 2.35. The van der Waals surface area contributed by atoms with Crippen LogP contribution >= 0.6 is 0 Å². The summed E-state index contributed by atoms with van der Waals surface area (Å²) in [5, 5.41) is 22.7. The number of aliphatic carboxylic acids is 1. The van der Waals surface area contributed by atoms with Crippen LogP contribution in [0.15, 0.2) is 0 Å². The summed E-state index contributed by atoms with van der Waals surface area (Å²) in [5.74, 6) is -1.00. The minimum Gasteiger partial charge on any atom is -0.481 e. The molecule has 0 bridgehead atoms. The molecular weight excluding hydrogens is 260 g/mol. The van der Waals surface area contributed by atoms with E-state index in [0.29, 0.717) is 32.2 Å². The van der Waals surface area contributed by atoms with Gasteiger partial charge in [0.05, 0.1) is 24.7 Å². The average molecular weight is 286 g/mol. The summed E-state index contributed by atoms with van der Waals surface area (Å²) < 4.78 is 5.30. The smallest absolute Gasteiger partial charge is 0.306 e. The molecule has 1 aliphatic carbocycles. The topological polar surface area (TPSA) is 82.0 Å². The molecule has 6 nitrogen and oxygen atoms in total. The van der Waals surface area contributed by atoms with E-state index in [2.05, 4.69) is 10.2 Å².